The van der Waals surface area contributed by atoms with Crippen molar-refractivity contribution in [1.29, 1.82) is 0 Å². The van der Waals surface area contributed by atoms with Gasteiger partial charge >= 0.3 is 0 Å². The van der Waals surface area contributed by atoms with Crippen molar-refractivity contribution in [2.24, 2.45) is 5.10 Å². The second-order valence-electron chi connectivity index (χ2n) is 7.75. The Morgan fingerprint density at radius 2 is 1.71 bits per heavy atom. The van der Waals surface area contributed by atoms with Gasteiger partial charge in [-0.2, -0.15) is 5.10 Å². The minimum atomic E-state index is -0.290. The van der Waals surface area contributed by atoms with Gasteiger partial charge in [0, 0.05) is 20.4 Å². The average Bonchev–Trinajstić information content (AvgIpc) is 3.25. The summed E-state index contributed by atoms with van der Waals surface area (Å²) in [6, 6.07) is 19.8. The van der Waals surface area contributed by atoms with E-state index in [0.29, 0.717) is 16.5 Å². The van der Waals surface area contributed by atoms with Crippen LogP contribution in [0.25, 0.3) is 17.1 Å². The van der Waals surface area contributed by atoms with Crippen LogP contribution in [0.5, 0.6) is 5.75 Å². The minimum Gasteiger partial charge on any atom is -0.506 e. The van der Waals surface area contributed by atoms with Crippen molar-refractivity contribution in [2.75, 3.05) is 5.75 Å². The average molecular weight is 709 g/mol. The number of aromatic hydroxyl groups is 1. The van der Waals surface area contributed by atoms with Gasteiger partial charge in [-0.05, 0) is 83.3 Å². The number of aryl methyl sites for hydroxylation is 2. The van der Waals surface area contributed by atoms with Crippen molar-refractivity contribution in [3.8, 4) is 22.8 Å². The van der Waals surface area contributed by atoms with Gasteiger partial charge in [0.15, 0.2) is 11.0 Å². The summed E-state index contributed by atoms with van der Waals surface area (Å²) in [5.41, 5.74) is 7.23. The van der Waals surface area contributed by atoms with Crippen molar-refractivity contribution in [1.82, 2.24) is 20.2 Å². The van der Waals surface area contributed by atoms with Crippen LogP contribution in [0.4, 0.5) is 0 Å². The van der Waals surface area contributed by atoms with Crippen LogP contribution in [0.1, 0.15) is 16.7 Å². The van der Waals surface area contributed by atoms with Crippen LogP contribution in [0.2, 0.25) is 0 Å². The lowest BCUT2D eigenvalue weighted by atomic mass is 10.1. The highest BCUT2D eigenvalue weighted by Gasteiger charge is 2.17. The van der Waals surface area contributed by atoms with E-state index in [-0.39, 0.29) is 17.4 Å². The maximum Gasteiger partial charge on any atom is 0.250 e. The third-order valence-electron chi connectivity index (χ3n) is 5.02. The molecule has 35 heavy (non-hydrogen) atoms. The smallest absolute Gasteiger partial charge is 0.250 e. The minimum absolute atomic E-state index is 0.102. The lowest BCUT2D eigenvalue weighted by Gasteiger charge is -2.11. The number of phenols is 1. The van der Waals surface area contributed by atoms with E-state index in [4.69, 9.17) is 0 Å². The van der Waals surface area contributed by atoms with Crippen LogP contribution in [-0.4, -0.2) is 37.7 Å². The molecular formula is C25H21I2N5O2S. The number of hydrazone groups is 1. The highest BCUT2D eigenvalue weighted by atomic mass is 127. The normalized spacial score (nSPS) is 11.2. The number of hydrogen-bond donors (Lipinski definition) is 2. The summed E-state index contributed by atoms with van der Waals surface area (Å²) in [6.07, 6.45) is 1.44. The van der Waals surface area contributed by atoms with Gasteiger partial charge in [-0.25, -0.2) is 5.43 Å². The predicted molar refractivity (Wildman–Crippen MR) is 156 cm³/mol. The molecule has 7 nitrogen and oxygen atoms in total. The quantitative estimate of drug-likeness (QED) is 0.111. The van der Waals surface area contributed by atoms with E-state index >= 15 is 0 Å². The third-order valence-corrected chi connectivity index (χ3v) is 7.39. The molecule has 4 aromatic rings. The molecule has 0 bridgehead atoms. The van der Waals surface area contributed by atoms with Gasteiger partial charge < -0.3 is 5.11 Å². The number of aromatic nitrogens is 3. The van der Waals surface area contributed by atoms with E-state index in [0.717, 1.165) is 29.5 Å². The molecule has 0 radical (unpaired) electrons. The molecule has 3 aromatic carbocycles. The number of benzene rings is 3. The molecule has 0 fully saturated rings. The second-order valence-corrected chi connectivity index (χ2v) is 11.1. The van der Waals surface area contributed by atoms with E-state index < -0.39 is 0 Å². The number of hydrogen-bond acceptors (Lipinski definition) is 6. The lowest BCUT2D eigenvalue weighted by Crippen LogP contribution is -2.20. The van der Waals surface area contributed by atoms with Crippen molar-refractivity contribution < 1.29 is 9.90 Å². The molecule has 2 N–H and O–H groups in total. The van der Waals surface area contributed by atoms with Crippen LogP contribution >= 0.6 is 56.9 Å². The van der Waals surface area contributed by atoms with Gasteiger partial charge in [0.05, 0.1) is 15.5 Å². The zero-order chi connectivity index (χ0) is 24.9. The highest BCUT2D eigenvalue weighted by Crippen LogP contribution is 2.28. The van der Waals surface area contributed by atoms with E-state index in [1.807, 2.05) is 73.0 Å². The van der Waals surface area contributed by atoms with E-state index in [2.05, 4.69) is 65.9 Å². The van der Waals surface area contributed by atoms with Crippen molar-refractivity contribution in [3.63, 3.8) is 0 Å². The van der Waals surface area contributed by atoms with E-state index in [1.54, 1.807) is 6.07 Å². The molecule has 0 aliphatic rings. The largest absolute Gasteiger partial charge is 0.506 e. The standard InChI is InChI=1S/C25H21I2N5O2S/c1-15-3-7-17(8-4-15)24-30-31-25(32(24)20-9-5-16(2)6-10-20)35-14-22(33)29-28-13-18-11-19(26)12-21(27)23(18)34/h3-13,34H,14H2,1-2H3,(H,29,33)/b28-13-. The molecule has 0 atom stereocenters. The summed E-state index contributed by atoms with van der Waals surface area (Å²) in [7, 11) is 0. The lowest BCUT2D eigenvalue weighted by molar-refractivity contribution is -0.118. The second kappa shape index (κ2) is 11.5. The predicted octanol–water partition coefficient (Wildman–Crippen LogP) is 5.71. The Labute approximate surface area is 234 Å². The van der Waals surface area contributed by atoms with Crippen LogP contribution < -0.4 is 5.43 Å². The Balaban J connectivity index is 1.51. The van der Waals surface area contributed by atoms with Gasteiger partial charge in [-0.15, -0.1) is 10.2 Å². The number of amides is 1. The zero-order valence-electron chi connectivity index (χ0n) is 18.9. The fourth-order valence-electron chi connectivity index (χ4n) is 3.20. The fraction of sp³-hybridized carbons (Fsp3) is 0.120. The molecule has 1 aromatic heterocycles. The molecule has 0 saturated heterocycles. The molecule has 1 heterocycles. The molecular weight excluding hydrogens is 688 g/mol. The number of thioether (sulfide) groups is 1. The Morgan fingerprint density at radius 3 is 2.40 bits per heavy atom. The van der Waals surface area contributed by atoms with Crippen LogP contribution in [0.15, 0.2) is 70.9 Å². The molecule has 178 valence electrons. The van der Waals surface area contributed by atoms with Crippen LogP contribution in [0.3, 0.4) is 0 Å². The number of rotatable bonds is 7. The van der Waals surface area contributed by atoms with Gasteiger partial charge in [-0.1, -0.05) is 59.3 Å². The number of nitrogens with zero attached hydrogens (tertiary/aromatic N) is 4. The van der Waals surface area contributed by atoms with Gasteiger partial charge in [0.2, 0.25) is 0 Å². The van der Waals surface area contributed by atoms with Gasteiger partial charge in [0.1, 0.15) is 5.75 Å². The van der Waals surface area contributed by atoms with Crippen molar-refractivity contribution in [3.05, 3.63) is 84.5 Å². The summed E-state index contributed by atoms with van der Waals surface area (Å²) in [5, 5.41) is 23.6. The summed E-state index contributed by atoms with van der Waals surface area (Å²) in [5.74, 6) is 0.651. The Kier molecular flexibility index (Phi) is 8.44. The summed E-state index contributed by atoms with van der Waals surface area (Å²) < 4.78 is 3.64. The van der Waals surface area contributed by atoms with Crippen molar-refractivity contribution in [2.45, 2.75) is 19.0 Å². The summed E-state index contributed by atoms with van der Waals surface area (Å²) in [4.78, 5) is 12.5. The SMILES string of the molecule is Cc1ccc(-c2nnc(SCC(=O)N/N=C\c3cc(I)cc(I)c3O)n2-c2ccc(C)cc2)cc1. The molecule has 1 amide bonds. The molecule has 10 heteroatoms. The number of carbonyl (C=O) groups excluding carboxylic acids is 1. The number of carbonyl (C=O) groups is 1. The van der Waals surface area contributed by atoms with Gasteiger partial charge in [-0.3, -0.25) is 9.36 Å². The van der Waals surface area contributed by atoms with Crippen LogP contribution in [-0.2, 0) is 4.79 Å². The van der Waals surface area contributed by atoms with E-state index in [1.165, 1.54) is 18.0 Å². The number of nitrogens with one attached hydrogen (secondary N) is 1. The van der Waals surface area contributed by atoms with Crippen LogP contribution in [0, 0.1) is 21.0 Å². The fourth-order valence-corrected chi connectivity index (χ4v) is 5.83. The zero-order valence-corrected chi connectivity index (χ0v) is 24.0. The summed E-state index contributed by atoms with van der Waals surface area (Å²) >= 11 is 5.50. The first-order valence-electron chi connectivity index (χ1n) is 10.5. The van der Waals surface area contributed by atoms with E-state index in [9.17, 15) is 9.90 Å². The first-order chi connectivity index (χ1) is 16.8. The van der Waals surface area contributed by atoms with Crippen molar-refractivity contribution >= 4 is 69.1 Å². The Morgan fingerprint density at radius 1 is 1.06 bits per heavy atom. The monoisotopic (exact) mass is 709 g/mol. The van der Waals surface area contributed by atoms with Gasteiger partial charge in [0.25, 0.3) is 5.91 Å². The molecule has 0 aliphatic carbocycles. The molecule has 0 spiro atoms. The molecule has 4 rings (SSSR count). The first-order valence-corrected chi connectivity index (χ1v) is 13.7. The third kappa shape index (κ3) is 6.41. The molecule has 0 unspecified atom stereocenters. The number of phenolic OH excluding ortho intramolecular Hbond substituents is 1. The Hall–Kier alpha value is -2.45. The maximum atomic E-state index is 12.5. The highest BCUT2D eigenvalue weighted by molar-refractivity contribution is 14.1. The summed E-state index contributed by atoms with van der Waals surface area (Å²) in [6.45, 7) is 4.08. The number of halogens is 2. The first kappa shape index (κ1) is 25.6. The molecule has 0 saturated carbocycles. The Bertz CT molecular complexity index is 1390. The topological polar surface area (TPSA) is 92.4 Å². The maximum absolute atomic E-state index is 12.5. The molecule has 0 aliphatic heterocycles.